The van der Waals surface area contributed by atoms with Crippen molar-refractivity contribution in [1.82, 2.24) is 15.6 Å². The van der Waals surface area contributed by atoms with Crippen LogP contribution in [0.25, 0.3) is 0 Å². The summed E-state index contributed by atoms with van der Waals surface area (Å²) in [5, 5.41) is 8.00. The van der Waals surface area contributed by atoms with Crippen LogP contribution in [0.3, 0.4) is 0 Å². The summed E-state index contributed by atoms with van der Waals surface area (Å²) in [4.78, 5) is 10.8. The molecule has 2 unspecified atom stereocenters. The molecule has 2 aromatic rings. The number of halogens is 1. The molecule has 0 spiro atoms. The first-order valence-electron chi connectivity index (χ1n) is 10.7. The third kappa shape index (κ3) is 7.20. The molecule has 0 aliphatic carbocycles. The predicted molar refractivity (Wildman–Crippen MR) is 137 cm³/mol. The van der Waals surface area contributed by atoms with E-state index in [9.17, 15) is 0 Å². The van der Waals surface area contributed by atoms with Gasteiger partial charge in [-0.3, -0.25) is 4.99 Å². The second-order valence-electron chi connectivity index (χ2n) is 7.74. The largest absolute Gasteiger partial charge is 0.373 e. The Morgan fingerprint density at radius 1 is 1.20 bits per heavy atom. The normalized spacial score (nSPS) is 19.3. The number of aliphatic imine (C=N–C) groups is 1. The Morgan fingerprint density at radius 3 is 2.63 bits per heavy atom. The van der Waals surface area contributed by atoms with Crippen LogP contribution in [-0.2, 0) is 11.2 Å². The van der Waals surface area contributed by atoms with E-state index in [0.717, 1.165) is 62.2 Å². The van der Waals surface area contributed by atoms with Gasteiger partial charge in [-0.15, -0.1) is 35.3 Å². The summed E-state index contributed by atoms with van der Waals surface area (Å²) >= 11 is 1.79. The van der Waals surface area contributed by atoms with Crippen LogP contribution in [0.5, 0.6) is 0 Å². The van der Waals surface area contributed by atoms with Crippen LogP contribution in [0.15, 0.2) is 29.3 Å². The summed E-state index contributed by atoms with van der Waals surface area (Å²) < 4.78 is 6.15. The van der Waals surface area contributed by atoms with Crippen LogP contribution >= 0.6 is 35.3 Å². The van der Waals surface area contributed by atoms with E-state index in [0.29, 0.717) is 5.92 Å². The minimum absolute atomic E-state index is 0. The molecule has 2 heterocycles. The van der Waals surface area contributed by atoms with Crippen molar-refractivity contribution < 1.29 is 4.74 Å². The molecule has 0 amide bonds. The minimum atomic E-state index is 0. The average molecular weight is 543 g/mol. The monoisotopic (exact) mass is 542 g/mol. The molecule has 5 nitrogen and oxygen atoms in total. The standard InChI is InChI=1S/C23H34N4OS.HI/c1-5-24-23(25-13-12-21-17(3)27-18(4)29-21)26-15-20-7-6-14-28-22(20)19-10-8-16(2)9-11-19;/h8-11,20,22H,5-7,12-15H2,1-4H3,(H2,24,25,26);1H. The second-order valence-corrected chi connectivity index (χ2v) is 9.03. The fourth-order valence-corrected chi connectivity index (χ4v) is 4.74. The third-order valence-corrected chi connectivity index (χ3v) is 6.46. The molecule has 1 aliphatic heterocycles. The molecule has 0 radical (unpaired) electrons. The van der Waals surface area contributed by atoms with E-state index in [2.05, 4.69) is 67.6 Å². The molecule has 1 saturated heterocycles. The van der Waals surface area contributed by atoms with E-state index in [4.69, 9.17) is 9.73 Å². The molecule has 7 heteroatoms. The van der Waals surface area contributed by atoms with Crippen LogP contribution in [0.2, 0.25) is 0 Å². The van der Waals surface area contributed by atoms with Crippen LogP contribution in [-0.4, -0.2) is 37.2 Å². The van der Waals surface area contributed by atoms with Gasteiger partial charge >= 0.3 is 0 Å². The van der Waals surface area contributed by atoms with Gasteiger partial charge in [0.2, 0.25) is 0 Å². The number of rotatable bonds is 7. The lowest BCUT2D eigenvalue weighted by molar-refractivity contribution is -0.0250. The number of aromatic nitrogens is 1. The van der Waals surface area contributed by atoms with Gasteiger partial charge in [0.05, 0.1) is 16.8 Å². The SMILES string of the molecule is CCNC(=NCC1CCCOC1c1ccc(C)cc1)NCCc1sc(C)nc1C.I. The number of nitrogens with one attached hydrogen (secondary N) is 2. The zero-order chi connectivity index (χ0) is 20.6. The fourth-order valence-electron chi connectivity index (χ4n) is 3.80. The number of ether oxygens (including phenoxy) is 1. The molecule has 1 aliphatic rings. The number of thiazole rings is 1. The molecule has 1 aromatic carbocycles. The highest BCUT2D eigenvalue weighted by Gasteiger charge is 2.27. The zero-order valence-electron chi connectivity index (χ0n) is 18.5. The van der Waals surface area contributed by atoms with Crippen molar-refractivity contribution in [2.24, 2.45) is 10.9 Å². The summed E-state index contributed by atoms with van der Waals surface area (Å²) in [5.41, 5.74) is 3.70. The van der Waals surface area contributed by atoms with E-state index in [1.807, 2.05) is 0 Å². The van der Waals surface area contributed by atoms with E-state index in [1.54, 1.807) is 11.3 Å². The molecule has 2 N–H and O–H groups in total. The lowest BCUT2D eigenvalue weighted by atomic mass is 9.89. The first-order chi connectivity index (χ1) is 14.1. The van der Waals surface area contributed by atoms with E-state index in [-0.39, 0.29) is 30.1 Å². The number of hydrogen-bond donors (Lipinski definition) is 2. The number of benzene rings is 1. The summed E-state index contributed by atoms with van der Waals surface area (Å²) in [6.07, 6.45) is 3.37. The Hall–Kier alpha value is -1.19. The van der Waals surface area contributed by atoms with Gasteiger partial charge < -0.3 is 15.4 Å². The molecule has 0 saturated carbocycles. The lowest BCUT2D eigenvalue weighted by Crippen LogP contribution is -2.39. The van der Waals surface area contributed by atoms with Crippen LogP contribution < -0.4 is 10.6 Å². The third-order valence-electron chi connectivity index (χ3n) is 5.32. The van der Waals surface area contributed by atoms with Crippen LogP contribution in [0.4, 0.5) is 0 Å². The van der Waals surface area contributed by atoms with Crippen molar-refractivity contribution in [3.8, 4) is 0 Å². The van der Waals surface area contributed by atoms with Gasteiger partial charge in [0.1, 0.15) is 0 Å². The molecule has 30 heavy (non-hydrogen) atoms. The lowest BCUT2D eigenvalue weighted by Gasteiger charge is -2.31. The topological polar surface area (TPSA) is 58.5 Å². The number of aryl methyl sites for hydroxylation is 3. The molecule has 1 aromatic heterocycles. The first-order valence-corrected chi connectivity index (χ1v) is 11.5. The van der Waals surface area contributed by atoms with Crippen molar-refractivity contribution >= 4 is 41.3 Å². The molecular weight excluding hydrogens is 507 g/mol. The Labute approximate surface area is 202 Å². The van der Waals surface area contributed by atoms with Gasteiger partial charge in [0, 0.05) is 43.5 Å². The van der Waals surface area contributed by atoms with Gasteiger partial charge in [-0.2, -0.15) is 0 Å². The highest BCUT2D eigenvalue weighted by atomic mass is 127. The highest BCUT2D eigenvalue weighted by molar-refractivity contribution is 14.0. The molecule has 166 valence electrons. The Bertz CT molecular complexity index is 806. The maximum Gasteiger partial charge on any atom is 0.191 e. The smallest absolute Gasteiger partial charge is 0.191 e. The molecule has 0 bridgehead atoms. The van der Waals surface area contributed by atoms with Crippen molar-refractivity contribution in [3.63, 3.8) is 0 Å². The number of hydrogen-bond acceptors (Lipinski definition) is 4. The van der Waals surface area contributed by atoms with Gasteiger partial charge in [-0.05, 0) is 46.1 Å². The van der Waals surface area contributed by atoms with Crippen molar-refractivity contribution in [2.45, 2.75) is 53.1 Å². The van der Waals surface area contributed by atoms with E-state index < -0.39 is 0 Å². The number of nitrogens with zero attached hydrogens (tertiary/aromatic N) is 2. The van der Waals surface area contributed by atoms with Gasteiger partial charge in [-0.25, -0.2) is 4.98 Å². The first kappa shape index (κ1) is 25.1. The summed E-state index contributed by atoms with van der Waals surface area (Å²) in [6.45, 7) is 11.7. The summed E-state index contributed by atoms with van der Waals surface area (Å²) in [5.74, 6) is 1.30. The van der Waals surface area contributed by atoms with Gasteiger partial charge in [0.25, 0.3) is 0 Å². The van der Waals surface area contributed by atoms with Gasteiger partial charge in [-0.1, -0.05) is 29.8 Å². The van der Waals surface area contributed by atoms with Gasteiger partial charge in [0.15, 0.2) is 5.96 Å². The molecular formula is C23H35IN4OS. The Balaban J connectivity index is 0.00000320. The Kier molecular flexibility index (Phi) is 10.5. The fraction of sp³-hybridized carbons (Fsp3) is 0.565. The van der Waals surface area contributed by atoms with Crippen molar-refractivity contribution in [3.05, 3.63) is 51.0 Å². The maximum atomic E-state index is 6.15. The Morgan fingerprint density at radius 2 is 1.97 bits per heavy atom. The summed E-state index contributed by atoms with van der Waals surface area (Å²) in [6, 6.07) is 8.74. The van der Waals surface area contributed by atoms with Crippen molar-refractivity contribution in [1.29, 1.82) is 0 Å². The van der Waals surface area contributed by atoms with Crippen LogP contribution in [0.1, 0.15) is 52.6 Å². The quantitative estimate of drug-likeness (QED) is 0.295. The van der Waals surface area contributed by atoms with E-state index >= 15 is 0 Å². The predicted octanol–water partition coefficient (Wildman–Crippen LogP) is 4.95. The summed E-state index contributed by atoms with van der Waals surface area (Å²) in [7, 11) is 0. The van der Waals surface area contributed by atoms with Crippen LogP contribution in [0, 0.1) is 26.7 Å². The van der Waals surface area contributed by atoms with E-state index in [1.165, 1.54) is 16.0 Å². The highest BCUT2D eigenvalue weighted by Crippen LogP contribution is 2.34. The van der Waals surface area contributed by atoms with Crippen molar-refractivity contribution in [2.75, 3.05) is 26.2 Å². The maximum absolute atomic E-state index is 6.15. The number of guanidine groups is 1. The average Bonchev–Trinajstić information content (AvgIpc) is 3.04. The molecule has 1 fully saturated rings. The minimum Gasteiger partial charge on any atom is -0.373 e. The zero-order valence-corrected chi connectivity index (χ0v) is 21.7. The molecule has 3 rings (SSSR count). The second kappa shape index (κ2) is 12.6. The molecule has 2 atom stereocenters.